The van der Waals surface area contributed by atoms with Crippen LogP contribution >= 0.6 is 0 Å². The number of ether oxygens (including phenoxy) is 1. The van der Waals surface area contributed by atoms with E-state index < -0.39 is 6.04 Å². The van der Waals surface area contributed by atoms with E-state index in [9.17, 15) is 9.59 Å². The SMILES string of the molecule is CC[C@@](C)(CNC(=O)Nc1cccc(NC(=O)[C@H](C)n2cccn2)c1)N1CCOCC1. The van der Waals surface area contributed by atoms with Crippen LogP contribution < -0.4 is 16.0 Å². The second-order valence-electron chi connectivity index (χ2n) is 7.99. The molecule has 0 spiro atoms. The predicted molar refractivity (Wildman–Crippen MR) is 120 cm³/mol. The molecule has 1 fully saturated rings. The standard InChI is InChI=1S/C22H32N6O3/c1-4-22(3,27-11-13-31-14-12-27)16-23-21(30)26-19-8-5-7-18(15-19)25-20(29)17(2)28-10-6-9-24-28/h5-10,15,17H,4,11-14,16H2,1-3H3,(H,25,29)(H2,23,26,30)/t17-,22-/m0/s1. The van der Waals surface area contributed by atoms with E-state index in [1.807, 2.05) is 0 Å². The van der Waals surface area contributed by atoms with E-state index in [4.69, 9.17) is 4.74 Å². The normalized spacial score (nSPS) is 17.4. The van der Waals surface area contributed by atoms with Crippen LogP contribution in [-0.2, 0) is 9.53 Å². The Balaban J connectivity index is 1.53. The third kappa shape index (κ3) is 6.05. The Morgan fingerprint density at radius 3 is 2.55 bits per heavy atom. The summed E-state index contributed by atoms with van der Waals surface area (Å²) < 4.78 is 7.03. The first-order chi connectivity index (χ1) is 14.9. The number of rotatable bonds is 8. The lowest BCUT2D eigenvalue weighted by Crippen LogP contribution is -2.57. The highest BCUT2D eigenvalue weighted by Gasteiger charge is 2.31. The van der Waals surface area contributed by atoms with Gasteiger partial charge in [0, 0.05) is 48.9 Å². The number of carbonyl (C=O) groups is 2. The Bertz CT molecular complexity index is 866. The molecule has 31 heavy (non-hydrogen) atoms. The summed E-state index contributed by atoms with van der Waals surface area (Å²) in [6, 6.07) is 8.14. The molecule has 1 aliphatic heterocycles. The number of nitrogens with one attached hydrogen (secondary N) is 3. The molecule has 2 atom stereocenters. The molecule has 9 nitrogen and oxygen atoms in total. The van der Waals surface area contributed by atoms with Gasteiger partial charge in [-0.15, -0.1) is 0 Å². The van der Waals surface area contributed by atoms with Gasteiger partial charge in [0.25, 0.3) is 0 Å². The van der Waals surface area contributed by atoms with Crippen LogP contribution in [0.5, 0.6) is 0 Å². The van der Waals surface area contributed by atoms with E-state index in [2.05, 4.69) is 39.8 Å². The first-order valence-electron chi connectivity index (χ1n) is 10.7. The maximum atomic E-state index is 12.5. The van der Waals surface area contributed by atoms with Gasteiger partial charge in [0.1, 0.15) is 6.04 Å². The number of carbonyl (C=O) groups excluding carboxylic acids is 2. The molecule has 1 saturated heterocycles. The van der Waals surface area contributed by atoms with Gasteiger partial charge in [0.15, 0.2) is 0 Å². The molecule has 1 aliphatic rings. The Morgan fingerprint density at radius 2 is 1.90 bits per heavy atom. The lowest BCUT2D eigenvalue weighted by Gasteiger charge is -2.43. The van der Waals surface area contributed by atoms with Gasteiger partial charge in [-0.25, -0.2) is 4.79 Å². The van der Waals surface area contributed by atoms with Crippen LogP contribution in [0.3, 0.4) is 0 Å². The molecule has 168 valence electrons. The highest BCUT2D eigenvalue weighted by molar-refractivity contribution is 5.95. The molecule has 0 bridgehead atoms. The average molecular weight is 429 g/mol. The van der Waals surface area contributed by atoms with Crippen LogP contribution in [0, 0.1) is 0 Å². The largest absolute Gasteiger partial charge is 0.379 e. The quantitative estimate of drug-likeness (QED) is 0.600. The molecule has 1 aromatic heterocycles. The van der Waals surface area contributed by atoms with Crippen LogP contribution in [-0.4, -0.2) is 65.0 Å². The number of hydrogen-bond acceptors (Lipinski definition) is 5. The van der Waals surface area contributed by atoms with Crippen molar-refractivity contribution in [1.82, 2.24) is 20.0 Å². The van der Waals surface area contributed by atoms with Gasteiger partial charge < -0.3 is 20.7 Å². The van der Waals surface area contributed by atoms with Crippen molar-refractivity contribution >= 4 is 23.3 Å². The summed E-state index contributed by atoms with van der Waals surface area (Å²) in [7, 11) is 0. The summed E-state index contributed by atoms with van der Waals surface area (Å²) >= 11 is 0. The number of nitrogens with zero attached hydrogens (tertiary/aromatic N) is 3. The fourth-order valence-electron chi connectivity index (χ4n) is 3.56. The number of hydrogen-bond donors (Lipinski definition) is 3. The van der Waals surface area contributed by atoms with Gasteiger partial charge in [-0.05, 0) is 44.5 Å². The molecule has 0 radical (unpaired) electrons. The topological polar surface area (TPSA) is 101 Å². The smallest absolute Gasteiger partial charge is 0.319 e. The van der Waals surface area contributed by atoms with Crippen LogP contribution in [0.2, 0.25) is 0 Å². The van der Waals surface area contributed by atoms with E-state index in [0.29, 0.717) is 17.9 Å². The minimum atomic E-state index is -0.443. The summed E-state index contributed by atoms with van der Waals surface area (Å²) in [5, 5.41) is 12.8. The minimum absolute atomic E-state index is 0.125. The first kappa shape index (κ1) is 22.8. The number of anilines is 2. The lowest BCUT2D eigenvalue weighted by atomic mass is 9.95. The van der Waals surface area contributed by atoms with Crippen LogP contribution in [0.4, 0.5) is 16.2 Å². The van der Waals surface area contributed by atoms with Crippen molar-refractivity contribution in [3.05, 3.63) is 42.7 Å². The second-order valence-corrected chi connectivity index (χ2v) is 7.99. The molecular formula is C22H32N6O3. The van der Waals surface area contributed by atoms with Gasteiger partial charge in [-0.2, -0.15) is 5.10 Å². The van der Waals surface area contributed by atoms with Crippen molar-refractivity contribution in [2.75, 3.05) is 43.5 Å². The highest BCUT2D eigenvalue weighted by atomic mass is 16.5. The van der Waals surface area contributed by atoms with E-state index >= 15 is 0 Å². The summed E-state index contributed by atoms with van der Waals surface area (Å²) in [6.07, 6.45) is 4.30. The van der Waals surface area contributed by atoms with E-state index in [1.165, 1.54) is 0 Å². The summed E-state index contributed by atoms with van der Waals surface area (Å²) in [4.78, 5) is 27.3. The fraction of sp³-hybridized carbons (Fsp3) is 0.500. The highest BCUT2D eigenvalue weighted by Crippen LogP contribution is 2.20. The molecule has 1 aromatic carbocycles. The van der Waals surface area contributed by atoms with E-state index in [1.54, 1.807) is 54.3 Å². The monoisotopic (exact) mass is 428 g/mol. The zero-order chi connectivity index (χ0) is 22.3. The van der Waals surface area contributed by atoms with Crippen molar-refractivity contribution in [3.8, 4) is 0 Å². The Kier molecular flexibility index (Phi) is 7.64. The van der Waals surface area contributed by atoms with Crippen LogP contribution in [0.15, 0.2) is 42.7 Å². The van der Waals surface area contributed by atoms with Crippen molar-refractivity contribution in [2.45, 2.75) is 38.8 Å². The van der Waals surface area contributed by atoms with Crippen molar-refractivity contribution in [1.29, 1.82) is 0 Å². The van der Waals surface area contributed by atoms with Crippen molar-refractivity contribution < 1.29 is 14.3 Å². The number of benzene rings is 1. The first-order valence-corrected chi connectivity index (χ1v) is 10.7. The molecule has 2 heterocycles. The minimum Gasteiger partial charge on any atom is -0.379 e. The number of aromatic nitrogens is 2. The van der Waals surface area contributed by atoms with Gasteiger partial charge in [-0.1, -0.05) is 13.0 Å². The van der Waals surface area contributed by atoms with Crippen LogP contribution in [0.1, 0.15) is 33.2 Å². The molecule has 0 unspecified atom stereocenters. The number of amides is 3. The third-order valence-electron chi connectivity index (χ3n) is 5.86. The molecule has 3 rings (SSSR count). The molecular weight excluding hydrogens is 396 g/mol. The lowest BCUT2D eigenvalue weighted by molar-refractivity contribution is -0.119. The molecule has 3 N–H and O–H groups in total. The summed E-state index contributed by atoms with van der Waals surface area (Å²) in [5.74, 6) is -0.186. The fourth-order valence-corrected chi connectivity index (χ4v) is 3.56. The molecule has 9 heteroatoms. The second kappa shape index (κ2) is 10.4. The third-order valence-corrected chi connectivity index (χ3v) is 5.86. The van der Waals surface area contributed by atoms with Crippen molar-refractivity contribution in [2.24, 2.45) is 0 Å². The number of morpholine rings is 1. The van der Waals surface area contributed by atoms with E-state index in [-0.39, 0.29) is 17.5 Å². The zero-order valence-electron chi connectivity index (χ0n) is 18.4. The Morgan fingerprint density at radius 1 is 1.19 bits per heavy atom. The maximum Gasteiger partial charge on any atom is 0.319 e. The zero-order valence-corrected chi connectivity index (χ0v) is 18.4. The Labute approximate surface area is 183 Å². The molecule has 0 saturated carbocycles. The molecule has 3 amide bonds. The molecule has 0 aliphatic carbocycles. The summed E-state index contributed by atoms with van der Waals surface area (Å²) in [6.45, 7) is 9.78. The van der Waals surface area contributed by atoms with Crippen molar-refractivity contribution in [3.63, 3.8) is 0 Å². The molecule has 2 aromatic rings. The summed E-state index contributed by atoms with van der Waals surface area (Å²) in [5.41, 5.74) is 1.08. The van der Waals surface area contributed by atoms with Crippen LogP contribution in [0.25, 0.3) is 0 Å². The van der Waals surface area contributed by atoms with Gasteiger partial charge >= 0.3 is 6.03 Å². The van der Waals surface area contributed by atoms with E-state index in [0.717, 1.165) is 32.7 Å². The van der Waals surface area contributed by atoms with Gasteiger partial charge in [-0.3, -0.25) is 14.4 Å². The average Bonchev–Trinajstić information content (AvgIpc) is 3.33. The number of urea groups is 1. The van der Waals surface area contributed by atoms with Gasteiger partial charge in [0.2, 0.25) is 5.91 Å². The van der Waals surface area contributed by atoms with Gasteiger partial charge in [0.05, 0.1) is 13.2 Å². The maximum absolute atomic E-state index is 12.5. The Hall–Kier alpha value is -2.91. The predicted octanol–water partition coefficient (Wildman–Crippen LogP) is 2.71.